The molecule has 0 radical (unpaired) electrons. The van der Waals surface area contributed by atoms with Gasteiger partial charge in [0.05, 0.1) is 23.8 Å². The number of aliphatic imine (C=N–C) groups is 1. The Bertz CT molecular complexity index is 861. The number of thiophene rings is 1. The second-order valence-electron chi connectivity index (χ2n) is 6.14. The highest BCUT2D eigenvalue weighted by Gasteiger charge is 2.09. The summed E-state index contributed by atoms with van der Waals surface area (Å²) >= 11 is 1.39. The van der Waals surface area contributed by atoms with E-state index in [-0.39, 0.29) is 6.04 Å². The Hall–Kier alpha value is -2.91. The summed E-state index contributed by atoms with van der Waals surface area (Å²) in [4.78, 5) is 22.2. The summed E-state index contributed by atoms with van der Waals surface area (Å²) in [5, 5.41) is 0.979. The normalized spacial score (nSPS) is 11.5. The van der Waals surface area contributed by atoms with Crippen LogP contribution in [0.2, 0.25) is 0 Å². The molecule has 2 aromatic rings. The van der Waals surface area contributed by atoms with Gasteiger partial charge < -0.3 is 10.6 Å². The Morgan fingerprint density at radius 3 is 2.66 bits per heavy atom. The van der Waals surface area contributed by atoms with Crippen molar-refractivity contribution in [3.05, 3.63) is 47.5 Å². The van der Waals surface area contributed by atoms with Gasteiger partial charge in [0.15, 0.2) is 6.29 Å². The second-order valence-corrected chi connectivity index (χ2v) is 7.20. The van der Waals surface area contributed by atoms with Crippen LogP contribution < -0.4 is 10.6 Å². The minimum Gasteiger partial charge on any atom is -0.390 e. The standard InChI is InChI=1S/C12H10N2OS.C6H12.C5H10N2/c1-3-6-14(2)11-4-5-13-12-10(11)7-9(8-15)16-12;1-4-6(3)5-2;1-3-5(2)7-4-6/h1,4-5,7-8H,6H2,2H3;4H,5H2,1-3H3;3-5H,1H2,2H3,(H2,6,7)/b;6-4-;. The van der Waals surface area contributed by atoms with Crippen molar-refractivity contribution in [3.63, 3.8) is 0 Å². The number of hydrogen-bond donors (Lipinski definition) is 1. The number of nitrogens with two attached hydrogens (primary N) is 1. The van der Waals surface area contributed by atoms with Crippen molar-refractivity contribution >= 4 is 39.9 Å². The smallest absolute Gasteiger partial charge is 0.160 e. The molecule has 2 N–H and O–H groups in total. The van der Waals surface area contributed by atoms with E-state index >= 15 is 0 Å². The maximum absolute atomic E-state index is 10.7. The van der Waals surface area contributed by atoms with E-state index in [1.165, 1.54) is 29.7 Å². The van der Waals surface area contributed by atoms with Crippen LogP contribution in [0.1, 0.15) is 43.8 Å². The number of allylic oxidation sites excluding steroid dienone is 2. The van der Waals surface area contributed by atoms with Crippen molar-refractivity contribution in [2.45, 2.75) is 40.2 Å². The molecule has 0 bridgehead atoms. The Balaban J connectivity index is 0.000000503. The number of aromatic nitrogens is 1. The molecule has 0 spiro atoms. The van der Waals surface area contributed by atoms with Crippen LogP contribution in [-0.2, 0) is 0 Å². The molecule has 156 valence electrons. The molecule has 0 saturated heterocycles. The molecular formula is C23H32N4OS. The molecule has 0 saturated carbocycles. The number of carbonyl (C=O) groups excluding carboxylic acids is 1. The number of carbonyl (C=O) groups is 1. The van der Waals surface area contributed by atoms with Crippen LogP contribution in [0.25, 0.3) is 10.2 Å². The molecule has 1 unspecified atom stereocenters. The summed E-state index contributed by atoms with van der Waals surface area (Å²) in [5.74, 6) is 2.59. The van der Waals surface area contributed by atoms with E-state index in [0.29, 0.717) is 11.4 Å². The van der Waals surface area contributed by atoms with Crippen molar-refractivity contribution in [1.82, 2.24) is 4.98 Å². The highest BCUT2D eigenvalue weighted by molar-refractivity contribution is 7.20. The van der Waals surface area contributed by atoms with E-state index in [4.69, 9.17) is 12.2 Å². The van der Waals surface area contributed by atoms with Crippen molar-refractivity contribution in [1.29, 1.82) is 0 Å². The molecule has 0 fully saturated rings. The van der Waals surface area contributed by atoms with E-state index in [1.54, 1.807) is 12.3 Å². The van der Waals surface area contributed by atoms with Crippen molar-refractivity contribution in [3.8, 4) is 12.3 Å². The predicted octanol–water partition coefficient (Wildman–Crippen LogP) is 5.09. The largest absolute Gasteiger partial charge is 0.390 e. The fraction of sp³-hybridized carbons (Fsp3) is 0.348. The lowest BCUT2D eigenvalue weighted by atomic mass is 10.2. The lowest BCUT2D eigenvalue weighted by Gasteiger charge is -2.16. The van der Waals surface area contributed by atoms with E-state index in [1.807, 2.05) is 31.0 Å². The predicted molar refractivity (Wildman–Crippen MR) is 129 cm³/mol. The molecule has 2 aromatic heterocycles. The van der Waals surface area contributed by atoms with Crippen LogP contribution in [0.3, 0.4) is 0 Å². The van der Waals surface area contributed by atoms with E-state index in [2.05, 4.69) is 49.3 Å². The minimum absolute atomic E-state index is 0.157. The number of hydrogen-bond acceptors (Lipinski definition) is 5. The topological polar surface area (TPSA) is 71.6 Å². The first kappa shape index (κ1) is 26.1. The van der Waals surface area contributed by atoms with Crippen LogP contribution in [0, 0.1) is 12.3 Å². The third-order valence-electron chi connectivity index (χ3n) is 4.00. The summed E-state index contributed by atoms with van der Waals surface area (Å²) in [6.07, 6.45) is 14.2. The molecule has 1 atom stereocenters. The number of pyridine rings is 1. The number of anilines is 1. The number of nitrogens with zero attached hydrogens (tertiary/aromatic N) is 3. The highest BCUT2D eigenvalue weighted by atomic mass is 32.1. The fourth-order valence-electron chi connectivity index (χ4n) is 1.96. The molecule has 6 heteroatoms. The molecule has 0 aromatic carbocycles. The van der Waals surface area contributed by atoms with Gasteiger partial charge in [-0.05, 0) is 39.3 Å². The third-order valence-corrected chi connectivity index (χ3v) is 4.97. The second kappa shape index (κ2) is 15.1. The molecule has 0 amide bonds. The van der Waals surface area contributed by atoms with E-state index in [9.17, 15) is 4.79 Å². The van der Waals surface area contributed by atoms with Gasteiger partial charge in [-0.3, -0.25) is 9.79 Å². The van der Waals surface area contributed by atoms with Gasteiger partial charge in [0, 0.05) is 24.3 Å². The molecule has 2 rings (SSSR count). The molecule has 29 heavy (non-hydrogen) atoms. The monoisotopic (exact) mass is 412 g/mol. The summed E-state index contributed by atoms with van der Waals surface area (Å²) in [5.41, 5.74) is 7.44. The molecule has 0 aliphatic carbocycles. The summed E-state index contributed by atoms with van der Waals surface area (Å²) < 4.78 is 0. The van der Waals surface area contributed by atoms with Gasteiger partial charge in [0.1, 0.15) is 4.83 Å². The highest BCUT2D eigenvalue weighted by Crippen LogP contribution is 2.30. The van der Waals surface area contributed by atoms with Crippen molar-refractivity contribution < 1.29 is 4.79 Å². The first-order valence-electron chi connectivity index (χ1n) is 9.34. The van der Waals surface area contributed by atoms with Crippen LogP contribution in [0.5, 0.6) is 0 Å². The molecule has 5 nitrogen and oxygen atoms in total. The average molecular weight is 413 g/mol. The zero-order valence-corrected chi connectivity index (χ0v) is 18.9. The Kier molecular flexibility index (Phi) is 13.6. The molecule has 2 heterocycles. The number of terminal acetylenes is 1. The SMILES string of the molecule is C#CCN(C)c1ccnc2sc(C=O)cc12.C/C=C(/C)CC.C=CC(C)N=CN. The van der Waals surface area contributed by atoms with Gasteiger partial charge in [0.2, 0.25) is 0 Å². The number of aldehydes is 1. The fourth-order valence-corrected chi connectivity index (χ4v) is 2.79. The average Bonchev–Trinajstić information content (AvgIpc) is 3.17. The van der Waals surface area contributed by atoms with Gasteiger partial charge in [-0.15, -0.1) is 24.3 Å². The maximum Gasteiger partial charge on any atom is 0.160 e. The van der Waals surface area contributed by atoms with Gasteiger partial charge in [-0.1, -0.05) is 30.6 Å². The lowest BCUT2D eigenvalue weighted by Crippen LogP contribution is -2.17. The molecular weight excluding hydrogens is 380 g/mol. The zero-order chi connectivity index (χ0) is 22.2. The summed E-state index contributed by atoms with van der Waals surface area (Å²) in [7, 11) is 1.92. The van der Waals surface area contributed by atoms with Gasteiger partial charge in [-0.2, -0.15) is 0 Å². The van der Waals surface area contributed by atoms with Gasteiger partial charge >= 0.3 is 0 Å². The quantitative estimate of drug-likeness (QED) is 0.236. The molecule has 0 aliphatic heterocycles. The number of rotatable bonds is 6. The van der Waals surface area contributed by atoms with Gasteiger partial charge in [0.25, 0.3) is 0 Å². The first-order valence-corrected chi connectivity index (χ1v) is 10.2. The van der Waals surface area contributed by atoms with Crippen LogP contribution >= 0.6 is 11.3 Å². The third kappa shape index (κ3) is 9.72. The van der Waals surface area contributed by atoms with E-state index in [0.717, 1.165) is 22.2 Å². The van der Waals surface area contributed by atoms with E-state index < -0.39 is 0 Å². The lowest BCUT2D eigenvalue weighted by molar-refractivity contribution is 0.112. The van der Waals surface area contributed by atoms with Crippen molar-refractivity contribution in [2.75, 3.05) is 18.5 Å². The van der Waals surface area contributed by atoms with Crippen LogP contribution in [-0.4, -0.2) is 37.2 Å². The first-order chi connectivity index (χ1) is 13.9. The zero-order valence-electron chi connectivity index (χ0n) is 18.1. The minimum atomic E-state index is 0.157. The maximum atomic E-state index is 10.7. The van der Waals surface area contributed by atoms with Gasteiger partial charge in [-0.25, -0.2) is 4.98 Å². The van der Waals surface area contributed by atoms with Crippen LogP contribution in [0.15, 0.2) is 47.6 Å². The summed E-state index contributed by atoms with van der Waals surface area (Å²) in [6.45, 7) is 12.3. The Morgan fingerprint density at radius 2 is 2.24 bits per heavy atom. The molecule has 0 aliphatic rings. The van der Waals surface area contributed by atoms with Crippen molar-refractivity contribution in [2.24, 2.45) is 10.7 Å². The number of fused-ring (bicyclic) bond motifs is 1. The Morgan fingerprint density at radius 1 is 1.55 bits per heavy atom. The summed E-state index contributed by atoms with van der Waals surface area (Å²) in [6, 6.07) is 3.91. The Labute approximate surface area is 179 Å². The van der Waals surface area contributed by atoms with Crippen LogP contribution in [0.4, 0.5) is 5.69 Å².